The number of benzene rings is 2. The lowest BCUT2D eigenvalue weighted by molar-refractivity contribution is 0.312. The Morgan fingerprint density at radius 3 is 1.13 bits per heavy atom. The molecule has 0 unspecified atom stereocenters. The van der Waals surface area contributed by atoms with E-state index >= 15 is 0 Å². The van der Waals surface area contributed by atoms with Crippen LogP contribution in [0.4, 0.5) is 0 Å². The van der Waals surface area contributed by atoms with Crippen molar-refractivity contribution in [1.82, 2.24) is 0 Å². The molecule has 0 aliphatic carbocycles. The third-order valence-electron chi connectivity index (χ3n) is 4.12. The van der Waals surface area contributed by atoms with Crippen LogP contribution < -0.4 is 9.05 Å². The van der Waals surface area contributed by atoms with Gasteiger partial charge in [0.15, 0.2) is 0 Å². The molecule has 0 amide bonds. The van der Waals surface area contributed by atoms with Gasteiger partial charge in [-0.25, -0.2) is 0 Å². The Bertz CT molecular complexity index is 975. The van der Waals surface area contributed by atoms with Crippen LogP contribution in [0.2, 0.25) is 0 Å². The minimum atomic E-state index is -3.42. The molecule has 0 bridgehead atoms. The highest BCUT2D eigenvalue weighted by atomic mass is 31.3. The molecule has 1 aliphatic rings. The van der Waals surface area contributed by atoms with Crippen molar-refractivity contribution in [3.05, 3.63) is 59.7 Å². The molecule has 0 N–H and O–H groups in total. The van der Waals surface area contributed by atoms with Gasteiger partial charge in [-0.1, -0.05) is 35.4 Å². The Balaban J connectivity index is 2.24. The molecule has 1 aliphatic heterocycles. The third kappa shape index (κ3) is 5.06. The van der Waals surface area contributed by atoms with Crippen molar-refractivity contribution in [3.8, 4) is 11.5 Å². The van der Waals surface area contributed by atoms with Gasteiger partial charge in [0, 0.05) is 28.4 Å². The number of nitrogens with zero attached hydrogens (tertiary/aromatic N) is 3. The van der Waals surface area contributed by atoms with Crippen LogP contribution in [0.5, 0.6) is 11.5 Å². The molecule has 2 aromatic rings. The van der Waals surface area contributed by atoms with E-state index in [2.05, 4.69) is 13.5 Å². The summed E-state index contributed by atoms with van der Waals surface area (Å²) in [6, 6.07) is 15.0. The predicted octanol–water partition coefficient (Wildman–Crippen LogP) is 7.20. The molecule has 1 heterocycles. The molecule has 9 nitrogen and oxygen atoms in total. The fourth-order valence-electron chi connectivity index (χ4n) is 2.49. The summed E-state index contributed by atoms with van der Waals surface area (Å²) in [5.74, 6) is 1.07. The van der Waals surface area contributed by atoms with Gasteiger partial charge in [-0.3, -0.25) is 0 Å². The maximum atomic E-state index is 6.28. The summed E-state index contributed by atoms with van der Waals surface area (Å²) in [7, 11) is -3.91. The van der Waals surface area contributed by atoms with Crippen LogP contribution in [0.15, 0.2) is 62.1 Å². The van der Waals surface area contributed by atoms with E-state index in [1.165, 1.54) is 28.4 Å². The van der Waals surface area contributed by atoms with Gasteiger partial charge in [0.1, 0.15) is 11.5 Å². The lowest BCUT2D eigenvalue weighted by Crippen LogP contribution is -2.05. The molecule has 2 aromatic carbocycles. The first-order valence-corrected chi connectivity index (χ1v) is 13.6. The second kappa shape index (κ2) is 9.37. The van der Waals surface area contributed by atoms with E-state index in [-0.39, 0.29) is 0 Å². The average molecular weight is 473 g/mol. The van der Waals surface area contributed by atoms with Gasteiger partial charge in [-0.2, -0.15) is 0 Å². The molecule has 0 atom stereocenters. The number of aryl methyl sites for hydroxylation is 2. The van der Waals surface area contributed by atoms with Crippen LogP contribution in [0.3, 0.4) is 0 Å². The Labute approximate surface area is 177 Å². The van der Waals surface area contributed by atoms with Crippen molar-refractivity contribution in [3.63, 3.8) is 0 Å². The molecule has 0 spiro atoms. The van der Waals surface area contributed by atoms with E-state index in [1.54, 1.807) is 0 Å². The first-order chi connectivity index (χ1) is 14.3. The summed E-state index contributed by atoms with van der Waals surface area (Å²) in [4.78, 5) is 0. The van der Waals surface area contributed by atoms with Crippen LogP contribution in [0.25, 0.3) is 0 Å². The van der Waals surface area contributed by atoms with E-state index in [9.17, 15) is 0 Å². The van der Waals surface area contributed by atoms with Crippen LogP contribution >= 0.6 is 23.0 Å². The second-order valence-electron chi connectivity index (χ2n) is 6.28. The Morgan fingerprint density at radius 1 is 0.500 bits per heavy atom. The fraction of sp³-hybridized carbons (Fsp3) is 0.333. The lowest BCUT2D eigenvalue weighted by Gasteiger charge is -2.31. The largest absolute Gasteiger partial charge is 0.457 e. The predicted molar refractivity (Wildman–Crippen MR) is 120 cm³/mol. The van der Waals surface area contributed by atoms with Gasteiger partial charge in [-0.05, 0) is 38.1 Å². The van der Waals surface area contributed by atoms with Gasteiger partial charge >= 0.3 is 23.0 Å². The van der Waals surface area contributed by atoms with E-state index < -0.39 is 23.0 Å². The zero-order valence-corrected chi connectivity index (χ0v) is 20.4. The molecule has 0 radical (unpaired) electrons. The standard InChI is InChI=1S/C18H26N3O6P3/c1-15-7-11-17(12-8-15)26-30(27-18-13-9-16(2)10-14-18)20-28(22-3,23-4)19-29(21-30,24-5)25-6/h7-14H,1-6H3. The molecule has 164 valence electrons. The molecular formula is C18H26N3O6P3. The van der Waals surface area contributed by atoms with Crippen LogP contribution in [-0.4, -0.2) is 28.4 Å². The summed E-state index contributed by atoms with van der Waals surface area (Å²) in [5.41, 5.74) is 2.18. The van der Waals surface area contributed by atoms with Crippen molar-refractivity contribution < 1.29 is 27.1 Å². The monoisotopic (exact) mass is 473 g/mol. The van der Waals surface area contributed by atoms with E-state index in [0.717, 1.165) is 11.1 Å². The summed E-state index contributed by atoms with van der Waals surface area (Å²) in [6.45, 7) is 3.98. The minimum absolute atomic E-state index is 0.533. The van der Waals surface area contributed by atoms with Crippen molar-refractivity contribution in [2.45, 2.75) is 13.8 Å². The van der Waals surface area contributed by atoms with E-state index in [0.29, 0.717) is 11.5 Å². The third-order valence-corrected chi connectivity index (χ3v) is 12.3. The molecule has 0 saturated heterocycles. The summed E-state index contributed by atoms with van der Waals surface area (Å²) in [6.07, 6.45) is 0. The van der Waals surface area contributed by atoms with Gasteiger partial charge in [0.2, 0.25) is 0 Å². The smallest absolute Gasteiger partial charge is 0.413 e. The average Bonchev–Trinajstić information content (AvgIpc) is 2.76. The van der Waals surface area contributed by atoms with Crippen molar-refractivity contribution in [1.29, 1.82) is 0 Å². The highest BCUT2D eigenvalue weighted by molar-refractivity contribution is 7.78. The Morgan fingerprint density at radius 2 is 0.800 bits per heavy atom. The van der Waals surface area contributed by atoms with Crippen LogP contribution in [0.1, 0.15) is 11.1 Å². The lowest BCUT2D eigenvalue weighted by atomic mass is 10.2. The van der Waals surface area contributed by atoms with Gasteiger partial charge < -0.3 is 27.1 Å². The molecule has 30 heavy (non-hydrogen) atoms. The maximum absolute atomic E-state index is 6.28. The highest BCUT2D eigenvalue weighted by Crippen LogP contribution is 2.79. The highest BCUT2D eigenvalue weighted by Gasteiger charge is 2.43. The van der Waals surface area contributed by atoms with Crippen molar-refractivity contribution in [2.75, 3.05) is 28.4 Å². The molecule has 3 rings (SSSR count). The van der Waals surface area contributed by atoms with E-state index in [1.807, 2.05) is 62.4 Å². The number of hydrogen-bond donors (Lipinski definition) is 0. The fourth-order valence-corrected chi connectivity index (χ4v) is 11.4. The summed E-state index contributed by atoms with van der Waals surface area (Å²) >= 11 is 0. The quantitative estimate of drug-likeness (QED) is 0.377. The van der Waals surface area contributed by atoms with E-state index in [4.69, 9.17) is 27.1 Å². The zero-order valence-electron chi connectivity index (χ0n) is 17.8. The first-order valence-electron chi connectivity index (χ1n) is 8.98. The second-order valence-corrected chi connectivity index (χ2v) is 13.2. The molecule has 0 aromatic heterocycles. The van der Waals surface area contributed by atoms with Crippen LogP contribution in [-0.2, 0) is 18.1 Å². The minimum Gasteiger partial charge on any atom is -0.413 e. The van der Waals surface area contributed by atoms with Gasteiger partial charge in [-0.15, -0.1) is 13.5 Å². The SMILES string of the molecule is COP1(OC)=NP(OC)(OC)=NP(Oc2ccc(C)cc2)(Oc2ccc(C)cc2)=N1. The first kappa shape index (κ1) is 23.2. The normalized spacial score (nSPS) is 18.5. The Hall–Kier alpha value is -1.43. The molecule has 12 heteroatoms. The summed E-state index contributed by atoms with van der Waals surface area (Å²) in [5, 5.41) is 0. The van der Waals surface area contributed by atoms with Gasteiger partial charge in [0.25, 0.3) is 0 Å². The summed E-state index contributed by atoms with van der Waals surface area (Å²) < 4.78 is 48.8. The Kier molecular flexibility index (Phi) is 7.26. The van der Waals surface area contributed by atoms with Gasteiger partial charge in [0.05, 0.1) is 0 Å². The number of rotatable bonds is 8. The molecular weight excluding hydrogens is 447 g/mol. The maximum Gasteiger partial charge on any atom is 0.457 e. The molecule has 0 saturated carbocycles. The zero-order chi connectivity index (χ0) is 21.8. The topological polar surface area (TPSA) is 92.5 Å². The van der Waals surface area contributed by atoms with Crippen molar-refractivity contribution >= 4 is 23.0 Å². The molecule has 0 fully saturated rings. The number of hydrogen-bond acceptors (Lipinski definition) is 9. The van der Waals surface area contributed by atoms with Crippen molar-refractivity contribution in [2.24, 2.45) is 13.5 Å². The van der Waals surface area contributed by atoms with Crippen LogP contribution in [0, 0.1) is 13.8 Å².